The number of aliphatic hydroxyl groups is 1. The Hall–Kier alpha value is -2.58. The predicted octanol–water partition coefficient (Wildman–Crippen LogP) is 2.84. The largest absolute Gasteiger partial charge is 0.391 e. The van der Waals surface area contributed by atoms with Crippen LogP contribution in [0, 0.1) is 23.0 Å². The molecule has 1 unspecified atom stereocenters. The second-order valence-corrected chi connectivity index (χ2v) is 8.82. The van der Waals surface area contributed by atoms with E-state index in [0.29, 0.717) is 24.2 Å². The summed E-state index contributed by atoms with van der Waals surface area (Å²) < 4.78 is 27.7. The molecule has 2 rings (SSSR count). The summed E-state index contributed by atoms with van der Waals surface area (Å²) in [5, 5.41) is 10.8. The van der Waals surface area contributed by atoms with Gasteiger partial charge in [0.1, 0.15) is 11.6 Å². The average Bonchev–Trinajstić information content (AvgIpc) is 2.75. The molecule has 0 aliphatic heterocycles. The molecule has 0 radical (unpaired) electrons. The molecule has 0 aromatic heterocycles. The molecule has 3 atom stereocenters. The highest BCUT2D eigenvalue weighted by atomic mass is 19.1. The maximum atomic E-state index is 13.8. The monoisotopic (exact) mass is 463 g/mol. The molecule has 6 nitrogen and oxygen atoms in total. The predicted molar refractivity (Wildman–Crippen MR) is 124 cm³/mol. The molecule has 5 N–H and O–H groups in total. The van der Waals surface area contributed by atoms with Crippen molar-refractivity contribution in [1.29, 1.82) is 0 Å². The van der Waals surface area contributed by atoms with Crippen molar-refractivity contribution >= 4 is 11.8 Å². The molecular weight excluding hydrogens is 428 g/mol. The van der Waals surface area contributed by atoms with Crippen LogP contribution < -0.4 is 11.5 Å². The number of nitrogens with two attached hydrogens (primary N) is 2. The van der Waals surface area contributed by atoms with Crippen molar-refractivity contribution in [3.63, 3.8) is 0 Å². The molecule has 0 spiro atoms. The number of nitrogens with zero attached hydrogens (tertiary/aromatic N) is 1. The fraction of sp³-hybridized carbons (Fsp3) is 0.520. The standard InChI is InChI=1S/C25H35F2N3O3/c1-4-6-30(7-5-2)23(32)18-8-16(3)13-25(14-18,24(29)33)21(22(31)15-28)11-17-9-19(26)12-20(27)10-17/h8-10,12-13,21-22,31H,4-7,11,14-15,28H2,1-3H3,(H2,29,33)/t21-,22+,25?/m1/s1. The van der Waals surface area contributed by atoms with Crippen molar-refractivity contribution in [3.05, 3.63) is 58.7 Å². The molecule has 182 valence electrons. The maximum Gasteiger partial charge on any atom is 0.249 e. The number of primary amides is 1. The van der Waals surface area contributed by atoms with Crippen LogP contribution in [0.2, 0.25) is 0 Å². The van der Waals surface area contributed by atoms with Crippen molar-refractivity contribution in [1.82, 2.24) is 4.90 Å². The Morgan fingerprint density at radius 1 is 1.15 bits per heavy atom. The molecule has 0 saturated carbocycles. The molecule has 0 bridgehead atoms. The van der Waals surface area contributed by atoms with Crippen LogP contribution in [-0.2, 0) is 16.0 Å². The lowest BCUT2D eigenvalue weighted by atomic mass is 9.63. The van der Waals surface area contributed by atoms with E-state index in [0.717, 1.165) is 31.0 Å². The molecule has 1 aromatic carbocycles. The summed E-state index contributed by atoms with van der Waals surface area (Å²) in [6.07, 6.45) is 3.69. The fourth-order valence-corrected chi connectivity index (χ4v) is 4.72. The van der Waals surface area contributed by atoms with Gasteiger partial charge in [-0.3, -0.25) is 9.59 Å². The van der Waals surface area contributed by atoms with Gasteiger partial charge in [-0.05, 0) is 50.3 Å². The van der Waals surface area contributed by atoms with Crippen LogP contribution in [0.25, 0.3) is 0 Å². The molecule has 1 aliphatic rings. The van der Waals surface area contributed by atoms with Crippen molar-refractivity contribution in [2.45, 2.75) is 52.6 Å². The molecule has 2 amide bonds. The molecule has 1 aromatic rings. The van der Waals surface area contributed by atoms with Crippen molar-refractivity contribution in [2.75, 3.05) is 19.6 Å². The first-order valence-electron chi connectivity index (χ1n) is 11.4. The molecule has 1 aliphatic carbocycles. The molecular formula is C25H35F2N3O3. The highest BCUT2D eigenvalue weighted by Crippen LogP contribution is 2.44. The van der Waals surface area contributed by atoms with Gasteiger partial charge in [0.05, 0.1) is 11.5 Å². The van der Waals surface area contributed by atoms with E-state index >= 15 is 0 Å². The minimum Gasteiger partial charge on any atom is -0.391 e. The molecule has 0 fully saturated rings. The number of halogens is 2. The van der Waals surface area contributed by atoms with Crippen LogP contribution >= 0.6 is 0 Å². The number of hydrogen-bond donors (Lipinski definition) is 3. The second-order valence-electron chi connectivity index (χ2n) is 8.82. The third-order valence-electron chi connectivity index (χ3n) is 6.12. The van der Waals surface area contributed by atoms with Crippen LogP contribution in [0.4, 0.5) is 8.78 Å². The minimum atomic E-state index is -1.45. The van der Waals surface area contributed by atoms with Crippen LogP contribution in [0.15, 0.2) is 41.5 Å². The number of carbonyl (C=O) groups is 2. The number of benzene rings is 1. The van der Waals surface area contributed by atoms with Gasteiger partial charge in [0.25, 0.3) is 0 Å². The van der Waals surface area contributed by atoms with Crippen molar-refractivity contribution in [2.24, 2.45) is 22.8 Å². The molecule has 8 heteroatoms. The SMILES string of the molecule is CCCN(CCC)C(=O)C1=CC(C)=CC(C(N)=O)([C@H](Cc2cc(F)cc(F)c2)[C@@H](O)CN)C1. The number of hydrogen-bond acceptors (Lipinski definition) is 4. The summed E-state index contributed by atoms with van der Waals surface area (Å²) in [6, 6.07) is 3.06. The van der Waals surface area contributed by atoms with Gasteiger partial charge in [0.2, 0.25) is 11.8 Å². The average molecular weight is 464 g/mol. The summed E-state index contributed by atoms with van der Waals surface area (Å²) in [4.78, 5) is 28.0. The number of aliphatic hydroxyl groups excluding tert-OH is 1. The van der Waals surface area contributed by atoms with Crippen LogP contribution in [0.5, 0.6) is 0 Å². The fourth-order valence-electron chi connectivity index (χ4n) is 4.72. The number of allylic oxidation sites excluding steroid dienone is 2. The van der Waals surface area contributed by atoms with Crippen molar-refractivity contribution < 1.29 is 23.5 Å². The maximum absolute atomic E-state index is 13.8. The quantitative estimate of drug-likeness (QED) is 0.469. The Labute approximate surface area is 194 Å². The summed E-state index contributed by atoms with van der Waals surface area (Å²) in [6.45, 7) is 6.68. The van der Waals surface area contributed by atoms with Crippen LogP contribution in [-0.4, -0.2) is 47.6 Å². The Morgan fingerprint density at radius 3 is 2.21 bits per heavy atom. The van der Waals surface area contributed by atoms with Gasteiger partial charge in [-0.2, -0.15) is 0 Å². The highest BCUT2D eigenvalue weighted by molar-refractivity contribution is 5.96. The van der Waals surface area contributed by atoms with E-state index in [1.54, 1.807) is 24.0 Å². The molecule has 0 heterocycles. The van der Waals surface area contributed by atoms with Gasteiger partial charge in [-0.25, -0.2) is 8.78 Å². The normalized spacial score (nSPS) is 20.0. The van der Waals surface area contributed by atoms with Gasteiger partial charge in [0.15, 0.2) is 0 Å². The second kappa shape index (κ2) is 11.5. The molecule has 0 saturated heterocycles. The van der Waals surface area contributed by atoms with E-state index < -0.39 is 35.0 Å². The third kappa shape index (κ3) is 6.26. The van der Waals surface area contributed by atoms with Gasteiger partial charge in [-0.1, -0.05) is 31.6 Å². The summed E-state index contributed by atoms with van der Waals surface area (Å²) >= 11 is 0. The first kappa shape index (κ1) is 26.7. The summed E-state index contributed by atoms with van der Waals surface area (Å²) in [7, 11) is 0. The Morgan fingerprint density at radius 2 is 1.73 bits per heavy atom. The van der Waals surface area contributed by atoms with Crippen LogP contribution in [0.3, 0.4) is 0 Å². The zero-order valence-corrected chi connectivity index (χ0v) is 19.6. The smallest absolute Gasteiger partial charge is 0.249 e. The Balaban J connectivity index is 2.53. The lowest BCUT2D eigenvalue weighted by molar-refractivity contribution is -0.132. The Bertz CT molecular complexity index is 905. The number of carbonyl (C=O) groups excluding carboxylic acids is 2. The van der Waals surface area contributed by atoms with E-state index in [4.69, 9.17) is 11.5 Å². The lowest BCUT2D eigenvalue weighted by Crippen LogP contribution is -2.51. The van der Waals surface area contributed by atoms with Gasteiger partial charge >= 0.3 is 0 Å². The van der Waals surface area contributed by atoms with E-state index in [9.17, 15) is 23.5 Å². The van der Waals surface area contributed by atoms with Crippen LogP contribution in [0.1, 0.15) is 45.6 Å². The summed E-state index contributed by atoms with van der Waals surface area (Å²) in [5.41, 5.74) is 11.5. The highest BCUT2D eigenvalue weighted by Gasteiger charge is 2.48. The van der Waals surface area contributed by atoms with Gasteiger partial charge in [0, 0.05) is 37.2 Å². The summed E-state index contributed by atoms with van der Waals surface area (Å²) in [5.74, 6) is -3.33. The first-order chi connectivity index (χ1) is 15.6. The van der Waals surface area contributed by atoms with Crippen molar-refractivity contribution in [3.8, 4) is 0 Å². The molecule has 33 heavy (non-hydrogen) atoms. The zero-order valence-electron chi connectivity index (χ0n) is 19.6. The minimum absolute atomic E-state index is 0.0258. The Kier molecular flexibility index (Phi) is 9.31. The number of rotatable bonds is 11. The van der Waals surface area contributed by atoms with Gasteiger partial charge < -0.3 is 21.5 Å². The van der Waals surface area contributed by atoms with Gasteiger partial charge in [-0.15, -0.1) is 0 Å². The lowest BCUT2D eigenvalue weighted by Gasteiger charge is -2.41. The van der Waals surface area contributed by atoms with E-state index in [1.165, 1.54) is 0 Å². The first-order valence-corrected chi connectivity index (χ1v) is 11.4. The number of amides is 2. The third-order valence-corrected chi connectivity index (χ3v) is 6.12. The topological polar surface area (TPSA) is 110 Å². The van der Waals surface area contributed by atoms with E-state index in [1.807, 2.05) is 13.8 Å². The van der Waals surface area contributed by atoms with E-state index in [2.05, 4.69) is 0 Å². The zero-order chi connectivity index (χ0) is 24.8. The van der Waals surface area contributed by atoms with E-state index in [-0.39, 0.29) is 30.9 Å².